The third-order valence-electron chi connectivity index (χ3n) is 4.87. The SMILES string of the molecule is N#CCc1ccc2cccc3c4cccc5cccc(c1c23)c54. The maximum atomic E-state index is 9.24. The summed E-state index contributed by atoms with van der Waals surface area (Å²) in [4.78, 5) is 0. The summed E-state index contributed by atoms with van der Waals surface area (Å²) >= 11 is 0. The minimum atomic E-state index is 0.443. The minimum Gasteiger partial charge on any atom is -0.198 e. The lowest BCUT2D eigenvalue weighted by atomic mass is 9.87. The van der Waals surface area contributed by atoms with E-state index in [0.717, 1.165) is 5.56 Å². The van der Waals surface area contributed by atoms with Crippen molar-refractivity contribution in [3.05, 3.63) is 72.3 Å². The number of hydrogen-bond acceptors (Lipinski definition) is 1. The first-order chi connectivity index (χ1) is 11.4. The van der Waals surface area contributed by atoms with Crippen molar-refractivity contribution >= 4 is 43.1 Å². The molecule has 0 heterocycles. The maximum absolute atomic E-state index is 9.24. The van der Waals surface area contributed by atoms with Crippen LogP contribution in [0.5, 0.6) is 0 Å². The highest BCUT2D eigenvalue weighted by atomic mass is 14.2. The molecular weight excluding hydrogens is 278 g/mol. The number of benzene rings is 5. The van der Waals surface area contributed by atoms with Crippen LogP contribution in [0, 0.1) is 11.3 Å². The van der Waals surface area contributed by atoms with Crippen molar-refractivity contribution in [3.63, 3.8) is 0 Å². The monoisotopic (exact) mass is 291 g/mol. The van der Waals surface area contributed by atoms with Crippen LogP contribution in [0.25, 0.3) is 43.1 Å². The first-order valence-corrected chi connectivity index (χ1v) is 7.82. The van der Waals surface area contributed by atoms with Crippen LogP contribution in [0.2, 0.25) is 0 Å². The van der Waals surface area contributed by atoms with E-state index in [0.29, 0.717) is 6.42 Å². The number of nitriles is 1. The van der Waals surface area contributed by atoms with Crippen molar-refractivity contribution in [2.24, 2.45) is 0 Å². The van der Waals surface area contributed by atoms with E-state index in [1.807, 2.05) is 0 Å². The Morgan fingerprint density at radius 1 is 0.609 bits per heavy atom. The topological polar surface area (TPSA) is 23.8 Å². The lowest BCUT2D eigenvalue weighted by Gasteiger charge is -2.16. The number of hydrogen-bond donors (Lipinski definition) is 0. The van der Waals surface area contributed by atoms with Crippen molar-refractivity contribution in [1.29, 1.82) is 5.26 Å². The molecule has 0 spiro atoms. The second kappa shape index (κ2) is 4.44. The van der Waals surface area contributed by atoms with Gasteiger partial charge in [-0.3, -0.25) is 0 Å². The van der Waals surface area contributed by atoms with Crippen LogP contribution in [-0.4, -0.2) is 0 Å². The van der Waals surface area contributed by atoms with Crippen LogP contribution in [0.4, 0.5) is 0 Å². The van der Waals surface area contributed by atoms with Crippen molar-refractivity contribution in [2.45, 2.75) is 6.42 Å². The molecule has 1 heteroatoms. The van der Waals surface area contributed by atoms with Crippen LogP contribution in [-0.2, 0) is 6.42 Å². The molecule has 5 rings (SSSR count). The Labute approximate surface area is 133 Å². The molecule has 0 unspecified atom stereocenters. The molecule has 5 aromatic carbocycles. The maximum Gasteiger partial charge on any atom is 0.0669 e. The Bertz CT molecular complexity index is 1240. The van der Waals surface area contributed by atoms with Gasteiger partial charge in [-0.15, -0.1) is 0 Å². The Hall–Kier alpha value is -3.11. The largest absolute Gasteiger partial charge is 0.198 e. The van der Waals surface area contributed by atoms with E-state index < -0.39 is 0 Å². The average molecular weight is 291 g/mol. The normalized spacial score (nSPS) is 11.6. The van der Waals surface area contributed by atoms with Crippen LogP contribution in [0.15, 0.2) is 66.7 Å². The molecule has 0 aliphatic carbocycles. The van der Waals surface area contributed by atoms with Crippen molar-refractivity contribution in [2.75, 3.05) is 0 Å². The van der Waals surface area contributed by atoms with Gasteiger partial charge in [-0.1, -0.05) is 66.7 Å². The zero-order chi connectivity index (χ0) is 15.4. The molecule has 0 aliphatic rings. The molecule has 0 aliphatic heterocycles. The predicted octanol–water partition coefficient (Wildman–Crippen LogP) is 5.80. The highest BCUT2D eigenvalue weighted by Crippen LogP contribution is 2.41. The summed E-state index contributed by atoms with van der Waals surface area (Å²) in [6.07, 6.45) is 0.443. The predicted molar refractivity (Wildman–Crippen MR) is 97.0 cm³/mol. The second-order valence-electron chi connectivity index (χ2n) is 6.05. The molecule has 0 amide bonds. The molecule has 0 saturated carbocycles. The molecule has 1 nitrogen and oxygen atoms in total. The molecule has 0 atom stereocenters. The van der Waals surface area contributed by atoms with E-state index in [4.69, 9.17) is 0 Å². The summed E-state index contributed by atoms with van der Waals surface area (Å²) in [5.41, 5.74) is 1.12. The van der Waals surface area contributed by atoms with E-state index in [-0.39, 0.29) is 0 Å². The number of fused-ring (bicyclic) bond motifs is 2. The summed E-state index contributed by atoms with van der Waals surface area (Å²) in [5.74, 6) is 0. The van der Waals surface area contributed by atoms with E-state index in [1.54, 1.807) is 0 Å². The highest BCUT2D eigenvalue weighted by molar-refractivity contribution is 6.33. The van der Waals surface area contributed by atoms with Crippen LogP contribution >= 0.6 is 0 Å². The third kappa shape index (κ3) is 1.55. The van der Waals surface area contributed by atoms with Crippen molar-refractivity contribution in [1.82, 2.24) is 0 Å². The lowest BCUT2D eigenvalue weighted by Crippen LogP contribution is -1.91. The van der Waals surface area contributed by atoms with E-state index in [9.17, 15) is 5.26 Å². The van der Waals surface area contributed by atoms with Gasteiger partial charge >= 0.3 is 0 Å². The fraction of sp³-hybridized carbons (Fsp3) is 0.0455. The van der Waals surface area contributed by atoms with E-state index in [2.05, 4.69) is 72.8 Å². The standard InChI is InChI=1S/C22H13N/c23-13-12-16-11-10-15-6-2-8-18-17-7-1-4-14-5-3-9-19(20(14)17)22(16)21(15)18/h1-11H,12H2. The third-order valence-corrected chi connectivity index (χ3v) is 4.87. The van der Waals surface area contributed by atoms with Gasteiger partial charge in [0.25, 0.3) is 0 Å². The molecule has 0 aromatic heterocycles. The van der Waals surface area contributed by atoms with E-state index in [1.165, 1.54) is 43.1 Å². The van der Waals surface area contributed by atoms with E-state index >= 15 is 0 Å². The zero-order valence-electron chi connectivity index (χ0n) is 12.5. The first kappa shape index (κ1) is 12.4. The summed E-state index contributed by atoms with van der Waals surface area (Å²) in [6.45, 7) is 0. The Morgan fingerprint density at radius 2 is 1.22 bits per heavy atom. The molecular formula is C22H13N. The second-order valence-corrected chi connectivity index (χ2v) is 6.05. The fourth-order valence-corrected chi connectivity index (χ4v) is 3.96. The number of rotatable bonds is 1. The average Bonchev–Trinajstić information content (AvgIpc) is 2.60. The molecule has 0 bridgehead atoms. The quantitative estimate of drug-likeness (QED) is 0.283. The Kier molecular flexibility index (Phi) is 2.40. The van der Waals surface area contributed by atoms with Gasteiger partial charge in [0.2, 0.25) is 0 Å². The summed E-state index contributed by atoms with van der Waals surface area (Å²) in [5, 5.41) is 19.4. The minimum absolute atomic E-state index is 0.443. The van der Waals surface area contributed by atoms with Crippen LogP contribution < -0.4 is 0 Å². The summed E-state index contributed by atoms with van der Waals surface area (Å²) in [7, 11) is 0. The smallest absolute Gasteiger partial charge is 0.0669 e. The summed E-state index contributed by atoms with van der Waals surface area (Å²) in [6, 6.07) is 26.0. The summed E-state index contributed by atoms with van der Waals surface area (Å²) < 4.78 is 0. The van der Waals surface area contributed by atoms with Gasteiger partial charge in [-0.05, 0) is 48.7 Å². The number of nitrogens with zero attached hydrogens (tertiary/aromatic N) is 1. The molecule has 23 heavy (non-hydrogen) atoms. The van der Waals surface area contributed by atoms with Gasteiger partial charge in [0.05, 0.1) is 12.5 Å². The zero-order valence-corrected chi connectivity index (χ0v) is 12.5. The van der Waals surface area contributed by atoms with Gasteiger partial charge in [0.15, 0.2) is 0 Å². The van der Waals surface area contributed by atoms with Crippen molar-refractivity contribution in [3.8, 4) is 6.07 Å². The molecule has 0 radical (unpaired) electrons. The molecule has 0 N–H and O–H groups in total. The Morgan fingerprint density at radius 3 is 1.91 bits per heavy atom. The van der Waals surface area contributed by atoms with Gasteiger partial charge in [0.1, 0.15) is 0 Å². The molecule has 0 fully saturated rings. The van der Waals surface area contributed by atoms with Gasteiger partial charge in [-0.25, -0.2) is 0 Å². The van der Waals surface area contributed by atoms with Gasteiger partial charge < -0.3 is 0 Å². The van der Waals surface area contributed by atoms with Crippen molar-refractivity contribution < 1.29 is 0 Å². The molecule has 106 valence electrons. The molecule has 0 saturated heterocycles. The van der Waals surface area contributed by atoms with Crippen LogP contribution in [0.1, 0.15) is 5.56 Å². The lowest BCUT2D eigenvalue weighted by molar-refractivity contribution is 1.29. The van der Waals surface area contributed by atoms with Gasteiger partial charge in [-0.2, -0.15) is 5.26 Å². The molecule has 5 aromatic rings. The van der Waals surface area contributed by atoms with Gasteiger partial charge in [0, 0.05) is 0 Å². The van der Waals surface area contributed by atoms with Crippen LogP contribution in [0.3, 0.4) is 0 Å². The highest BCUT2D eigenvalue weighted by Gasteiger charge is 2.14. The Balaban J connectivity index is 2.23. The fourth-order valence-electron chi connectivity index (χ4n) is 3.96. The first-order valence-electron chi connectivity index (χ1n) is 7.82.